The van der Waals surface area contributed by atoms with Gasteiger partial charge in [-0.15, -0.1) is 0 Å². The number of nitrogens with two attached hydrogens (primary N) is 1. The first-order valence-corrected chi connectivity index (χ1v) is 4.69. The van der Waals surface area contributed by atoms with Gasteiger partial charge in [0.05, 0.1) is 13.2 Å². The van der Waals surface area contributed by atoms with Crippen molar-refractivity contribution in [3.05, 3.63) is 11.8 Å². The topological polar surface area (TPSA) is 78.6 Å². The van der Waals surface area contributed by atoms with Crippen molar-refractivity contribution < 1.29 is 19.1 Å². The van der Waals surface area contributed by atoms with E-state index in [9.17, 15) is 9.59 Å². The Morgan fingerprint density at radius 2 is 1.87 bits per heavy atom. The average molecular weight is 215 g/mol. The second kappa shape index (κ2) is 6.86. The van der Waals surface area contributed by atoms with Gasteiger partial charge >= 0.3 is 11.9 Å². The van der Waals surface area contributed by atoms with Gasteiger partial charge < -0.3 is 15.2 Å². The minimum Gasteiger partial charge on any atom is -0.465 e. The molecule has 1 atom stereocenters. The maximum Gasteiger partial charge on any atom is 0.353 e. The van der Waals surface area contributed by atoms with Gasteiger partial charge in [0.15, 0.2) is 0 Å². The molecule has 0 rings (SSSR count). The van der Waals surface area contributed by atoms with Gasteiger partial charge in [-0.1, -0.05) is 13.0 Å². The van der Waals surface area contributed by atoms with Gasteiger partial charge in [-0.2, -0.15) is 0 Å². The van der Waals surface area contributed by atoms with Gasteiger partial charge in [0.25, 0.3) is 0 Å². The highest BCUT2D eigenvalue weighted by Crippen LogP contribution is 1.99. The summed E-state index contributed by atoms with van der Waals surface area (Å²) in [4.78, 5) is 21.6. The molecule has 0 spiro atoms. The van der Waals surface area contributed by atoms with Crippen LogP contribution in [0.2, 0.25) is 0 Å². The Balaban J connectivity index is 3.76. The first kappa shape index (κ1) is 13.5. The van der Waals surface area contributed by atoms with Gasteiger partial charge in [-0.05, 0) is 6.92 Å². The van der Waals surface area contributed by atoms with E-state index in [1.54, 1.807) is 6.92 Å². The van der Waals surface area contributed by atoms with Crippen LogP contribution in [0.5, 0.6) is 0 Å². The van der Waals surface area contributed by atoms with E-state index in [0.717, 1.165) is 0 Å². The number of hydrogen-bond donors (Lipinski definition) is 1. The maximum absolute atomic E-state index is 11.1. The van der Waals surface area contributed by atoms with Crippen LogP contribution in [0.25, 0.3) is 0 Å². The summed E-state index contributed by atoms with van der Waals surface area (Å²) >= 11 is 0. The average Bonchev–Trinajstić information content (AvgIpc) is 2.21. The Kier molecular flexibility index (Phi) is 6.17. The van der Waals surface area contributed by atoms with Crippen molar-refractivity contribution in [1.82, 2.24) is 0 Å². The smallest absolute Gasteiger partial charge is 0.353 e. The molecule has 0 saturated carbocycles. The first-order valence-electron chi connectivity index (χ1n) is 4.69. The summed E-state index contributed by atoms with van der Waals surface area (Å²) in [6, 6.07) is 0. The molecule has 0 aromatic rings. The lowest BCUT2D eigenvalue weighted by Crippen LogP contribution is -2.20. The standard InChI is InChI=1S/C10H17NO4/c1-4-9(11)10(13)15-6-7(2)5-14-8(3)12/h4,7H,5-6,11H2,1-3H3/b9-4+. The zero-order valence-electron chi connectivity index (χ0n) is 9.28. The molecule has 0 aliphatic rings. The summed E-state index contributed by atoms with van der Waals surface area (Å²) in [6.45, 7) is 5.20. The highest BCUT2D eigenvalue weighted by Gasteiger charge is 2.10. The van der Waals surface area contributed by atoms with E-state index in [1.807, 2.05) is 6.92 Å². The van der Waals surface area contributed by atoms with E-state index >= 15 is 0 Å². The lowest BCUT2D eigenvalue weighted by molar-refractivity contribution is -0.145. The molecule has 0 aliphatic heterocycles. The number of ether oxygens (including phenoxy) is 2. The molecule has 5 nitrogen and oxygen atoms in total. The predicted octanol–water partition coefficient (Wildman–Crippen LogP) is 0.591. The van der Waals surface area contributed by atoms with Gasteiger partial charge in [0, 0.05) is 12.8 Å². The fourth-order valence-electron chi connectivity index (χ4n) is 0.727. The molecule has 15 heavy (non-hydrogen) atoms. The molecule has 0 aromatic heterocycles. The van der Waals surface area contributed by atoms with Crippen molar-refractivity contribution in [2.75, 3.05) is 13.2 Å². The van der Waals surface area contributed by atoms with Gasteiger partial charge in [0.1, 0.15) is 5.70 Å². The number of carbonyl (C=O) groups excluding carboxylic acids is 2. The summed E-state index contributed by atoms with van der Waals surface area (Å²) in [5, 5.41) is 0. The van der Waals surface area contributed by atoms with Crippen LogP contribution in [0.1, 0.15) is 20.8 Å². The molecule has 0 aromatic carbocycles. The summed E-state index contributed by atoms with van der Waals surface area (Å²) < 4.78 is 9.61. The molecule has 0 aliphatic carbocycles. The van der Waals surface area contributed by atoms with Crippen molar-refractivity contribution in [1.29, 1.82) is 0 Å². The molecule has 2 N–H and O–H groups in total. The zero-order valence-corrected chi connectivity index (χ0v) is 9.28. The molecule has 0 saturated heterocycles. The van der Waals surface area contributed by atoms with Crippen LogP contribution < -0.4 is 5.73 Å². The van der Waals surface area contributed by atoms with E-state index in [1.165, 1.54) is 13.0 Å². The van der Waals surface area contributed by atoms with Crippen molar-refractivity contribution in [3.8, 4) is 0 Å². The van der Waals surface area contributed by atoms with Crippen LogP contribution in [0.15, 0.2) is 11.8 Å². The third-order valence-electron chi connectivity index (χ3n) is 1.62. The maximum atomic E-state index is 11.1. The van der Waals surface area contributed by atoms with Gasteiger partial charge in [-0.3, -0.25) is 4.79 Å². The van der Waals surface area contributed by atoms with Crippen molar-refractivity contribution >= 4 is 11.9 Å². The van der Waals surface area contributed by atoms with Crippen LogP contribution in [-0.4, -0.2) is 25.2 Å². The molecule has 1 unspecified atom stereocenters. The molecular weight excluding hydrogens is 198 g/mol. The molecule has 0 fully saturated rings. The fraction of sp³-hybridized carbons (Fsp3) is 0.600. The molecular formula is C10H17NO4. The van der Waals surface area contributed by atoms with E-state index in [4.69, 9.17) is 15.2 Å². The molecule has 0 heterocycles. The fourth-order valence-corrected chi connectivity index (χ4v) is 0.727. The third-order valence-corrected chi connectivity index (χ3v) is 1.62. The van der Waals surface area contributed by atoms with Crippen LogP contribution >= 0.6 is 0 Å². The van der Waals surface area contributed by atoms with Crippen LogP contribution in [-0.2, 0) is 19.1 Å². The van der Waals surface area contributed by atoms with Crippen LogP contribution in [0, 0.1) is 5.92 Å². The second-order valence-corrected chi connectivity index (χ2v) is 3.25. The van der Waals surface area contributed by atoms with Gasteiger partial charge in [-0.25, -0.2) is 4.79 Å². The van der Waals surface area contributed by atoms with E-state index in [2.05, 4.69) is 0 Å². The van der Waals surface area contributed by atoms with E-state index in [0.29, 0.717) is 0 Å². The van der Waals surface area contributed by atoms with E-state index < -0.39 is 5.97 Å². The molecule has 0 bridgehead atoms. The SMILES string of the molecule is C/C=C(/N)C(=O)OCC(C)COC(C)=O. The molecule has 86 valence electrons. The minimum atomic E-state index is -0.549. The largest absolute Gasteiger partial charge is 0.465 e. The lowest BCUT2D eigenvalue weighted by atomic mass is 10.2. The van der Waals surface area contributed by atoms with Crippen molar-refractivity contribution in [2.45, 2.75) is 20.8 Å². The number of carbonyl (C=O) groups is 2. The predicted molar refractivity (Wildman–Crippen MR) is 54.7 cm³/mol. The highest BCUT2D eigenvalue weighted by atomic mass is 16.5. The normalized spacial score (nSPS) is 13.1. The van der Waals surface area contributed by atoms with Crippen molar-refractivity contribution in [3.63, 3.8) is 0 Å². The number of esters is 2. The minimum absolute atomic E-state index is 0.0393. The highest BCUT2D eigenvalue weighted by molar-refractivity contribution is 5.87. The summed E-state index contributed by atoms with van der Waals surface area (Å²) in [5.41, 5.74) is 5.40. The first-order chi connectivity index (χ1) is 6.97. The third kappa shape index (κ3) is 6.54. The Labute approximate surface area is 89.2 Å². The Hall–Kier alpha value is -1.52. The van der Waals surface area contributed by atoms with Crippen LogP contribution in [0.4, 0.5) is 0 Å². The lowest BCUT2D eigenvalue weighted by Gasteiger charge is -2.11. The number of hydrogen-bond acceptors (Lipinski definition) is 5. The summed E-state index contributed by atoms with van der Waals surface area (Å²) in [7, 11) is 0. The monoisotopic (exact) mass is 215 g/mol. The van der Waals surface area contributed by atoms with Crippen LogP contribution in [0.3, 0.4) is 0 Å². The summed E-state index contributed by atoms with van der Waals surface area (Å²) in [6.07, 6.45) is 1.47. The molecule has 5 heteroatoms. The van der Waals surface area contributed by atoms with Gasteiger partial charge in [0.2, 0.25) is 0 Å². The van der Waals surface area contributed by atoms with E-state index in [-0.39, 0.29) is 30.8 Å². The van der Waals surface area contributed by atoms with Crippen molar-refractivity contribution in [2.24, 2.45) is 11.7 Å². The number of allylic oxidation sites excluding steroid dienone is 1. The quantitative estimate of drug-likeness (QED) is 0.536. The molecule has 0 amide bonds. The Morgan fingerprint density at radius 3 is 2.33 bits per heavy atom. The Bertz CT molecular complexity index is 260. The second-order valence-electron chi connectivity index (χ2n) is 3.25. The Morgan fingerprint density at radius 1 is 1.33 bits per heavy atom. The summed E-state index contributed by atoms with van der Waals surface area (Å²) in [5.74, 6) is -0.934. The number of rotatable bonds is 5. The zero-order chi connectivity index (χ0) is 11.8. The molecule has 0 radical (unpaired) electrons.